The van der Waals surface area contributed by atoms with Crippen molar-refractivity contribution in [1.82, 2.24) is 5.32 Å². The number of amides is 2. The standard InChI is InChI=1S/C16H24N2O/c1-16(12-8-3-2-4-9-13-16)18-15(19)17-14-10-6-5-7-11-14/h5-7,10-11H,2-4,8-9,12-13H2,1H3,(H2,17,18,19). The molecule has 0 unspecified atom stereocenters. The lowest BCUT2D eigenvalue weighted by Gasteiger charge is -2.32. The number of anilines is 1. The van der Waals surface area contributed by atoms with Crippen LogP contribution in [0.3, 0.4) is 0 Å². The SMILES string of the molecule is CC1(NC(=O)Nc2ccccc2)CCCCCCC1. The highest BCUT2D eigenvalue weighted by Crippen LogP contribution is 2.25. The topological polar surface area (TPSA) is 41.1 Å². The molecule has 1 fully saturated rings. The van der Waals surface area contributed by atoms with Crippen molar-refractivity contribution in [3.05, 3.63) is 30.3 Å². The zero-order chi connectivity index (χ0) is 13.6. The molecule has 19 heavy (non-hydrogen) atoms. The van der Waals surface area contributed by atoms with E-state index in [4.69, 9.17) is 0 Å². The molecule has 1 aromatic carbocycles. The highest BCUT2D eigenvalue weighted by atomic mass is 16.2. The number of rotatable bonds is 2. The number of nitrogens with one attached hydrogen (secondary N) is 2. The Balaban J connectivity index is 1.89. The largest absolute Gasteiger partial charge is 0.333 e. The van der Waals surface area contributed by atoms with Crippen molar-refractivity contribution in [2.75, 3.05) is 5.32 Å². The summed E-state index contributed by atoms with van der Waals surface area (Å²) in [5.74, 6) is 0. The average Bonchev–Trinajstić information content (AvgIpc) is 2.36. The van der Waals surface area contributed by atoms with Crippen molar-refractivity contribution < 1.29 is 4.79 Å². The summed E-state index contributed by atoms with van der Waals surface area (Å²) in [6.07, 6.45) is 8.50. The Morgan fingerprint density at radius 1 is 1.00 bits per heavy atom. The molecule has 1 aromatic rings. The molecule has 0 bridgehead atoms. The number of hydrogen-bond donors (Lipinski definition) is 2. The fourth-order valence-electron chi connectivity index (χ4n) is 2.77. The second kappa shape index (κ2) is 6.60. The second-order valence-corrected chi connectivity index (χ2v) is 5.77. The molecule has 1 aliphatic rings. The molecule has 1 saturated carbocycles. The quantitative estimate of drug-likeness (QED) is 0.817. The van der Waals surface area contributed by atoms with Gasteiger partial charge in [-0.3, -0.25) is 0 Å². The van der Waals surface area contributed by atoms with Gasteiger partial charge in [0.1, 0.15) is 0 Å². The first kappa shape index (κ1) is 13.9. The van der Waals surface area contributed by atoms with Crippen LogP contribution in [0.25, 0.3) is 0 Å². The minimum Gasteiger partial charge on any atom is -0.333 e. The minimum atomic E-state index is -0.0886. The lowest BCUT2D eigenvalue weighted by Crippen LogP contribution is -2.48. The Hall–Kier alpha value is -1.51. The molecule has 0 heterocycles. The van der Waals surface area contributed by atoms with Gasteiger partial charge in [-0.1, -0.05) is 50.3 Å². The maximum absolute atomic E-state index is 12.1. The van der Waals surface area contributed by atoms with Crippen LogP contribution >= 0.6 is 0 Å². The van der Waals surface area contributed by atoms with Gasteiger partial charge >= 0.3 is 6.03 Å². The van der Waals surface area contributed by atoms with Crippen LogP contribution in [0.2, 0.25) is 0 Å². The van der Waals surface area contributed by atoms with Gasteiger partial charge in [-0.25, -0.2) is 4.79 Å². The predicted molar refractivity (Wildman–Crippen MR) is 79.3 cm³/mol. The lowest BCUT2D eigenvalue weighted by molar-refractivity contribution is 0.227. The molecule has 0 saturated heterocycles. The third-order valence-electron chi connectivity index (χ3n) is 3.90. The van der Waals surface area contributed by atoms with E-state index in [9.17, 15) is 4.79 Å². The molecule has 2 N–H and O–H groups in total. The van der Waals surface area contributed by atoms with Crippen molar-refractivity contribution in [2.45, 2.75) is 57.4 Å². The van der Waals surface area contributed by atoms with Gasteiger partial charge in [0, 0.05) is 11.2 Å². The number of carbonyl (C=O) groups excluding carboxylic acids is 1. The first-order valence-electron chi connectivity index (χ1n) is 7.32. The predicted octanol–water partition coefficient (Wildman–Crippen LogP) is 4.31. The molecule has 3 nitrogen and oxygen atoms in total. The summed E-state index contributed by atoms with van der Waals surface area (Å²) < 4.78 is 0. The number of benzene rings is 1. The molecule has 0 aromatic heterocycles. The van der Waals surface area contributed by atoms with E-state index in [0.717, 1.165) is 18.5 Å². The molecule has 104 valence electrons. The lowest BCUT2D eigenvalue weighted by atomic mass is 9.86. The van der Waals surface area contributed by atoms with Gasteiger partial charge in [0.25, 0.3) is 0 Å². The van der Waals surface area contributed by atoms with E-state index in [0.29, 0.717) is 0 Å². The normalized spacial score (nSPS) is 19.0. The Morgan fingerprint density at radius 2 is 1.58 bits per heavy atom. The first-order chi connectivity index (χ1) is 9.18. The van der Waals surface area contributed by atoms with E-state index in [1.165, 1.54) is 32.1 Å². The van der Waals surface area contributed by atoms with Gasteiger partial charge in [-0.15, -0.1) is 0 Å². The van der Waals surface area contributed by atoms with Crippen molar-refractivity contribution in [3.63, 3.8) is 0 Å². The maximum atomic E-state index is 12.1. The molecular formula is C16H24N2O. The molecule has 0 aliphatic heterocycles. The van der Waals surface area contributed by atoms with Crippen LogP contribution in [0.15, 0.2) is 30.3 Å². The van der Waals surface area contributed by atoms with Gasteiger partial charge in [0.15, 0.2) is 0 Å². The Bertz CT molecular complexity index is 394. The van der Waals surface area contributed by atoms with Crippen molar-refractivity contribution in [3.8, 4) is 0 Å². The van der Waals surface area contributed by atoms with Crippen LogP contribution in [-0.2, 0) is 0 Å². The van der Waals surface area contributed by atoms with Crippen LogP contribution in [0.5, 0.6) is 0 Å². The highest BCUT2D eigenvalue weighted by molar-refractivity contribution is 5.89. The monoisotopic (exact) mass is 260 g/mol. The molecule has 0 radical (unpaired) electrons. The van der Waals surface area contributed by atoms with Crippen molar-refractivity contribution in [1.29, 1.82) is 0 Å². The van der Waals surface area contributed by atoms with E-state index in [1.54, 1.807) is 0 Å². The van der Waals surface area contributed by atoms with Crippen LogP contribution in [0.4, 0.5) is 10.5 Å². The van der Waals surface area contributed by atoms with Gasteiger partial charge in [0.2, 0.25) is 0 Å². The first-order valence-corrected chi connectivity index (χ1v) is 7.32. The van der Waals surface area contributed by atoms with E-state index in [-0.39, 0.29) is 11.6 Å². The summed E-state index contributed by atoms with van der Waals surface area (Å²) >= 11 is 0. The van der Waals surface area contributed by atoms with Gasteiger partial charge < -0.3 is 10.6 Å². The fourth-order valence-corrected chi connectivity index (χ4v) is 2.77. The molecule has 1 aliphatic carbocycles. The summed E-state index contributed by atoms with van der Waals surface area (Å²) in [6.45, 7) is 2.17. The van der Waals surface area contributed by atoms with Crippen molar-refractivity contribution >= 4 is 11.7 Å². The molecular weight excluding hydrogens is 236 g/mol. The summed E-state index contributed by atoms with van der Waals surface area (Å²) in [7, 11) is 0. The summed E-state index contributed by atoms with van der Waals surface area (Å²) in [5.41, 5.74) is 0.786. The maximum Gasteiger partial charge on any atom is 0.319 e. The molecule has 3 heteroatoms. The average molecular weight is 260 g/mol. The van der Waals surface area contributed by atoms with E-state index in [1.807, 2.05) is 30.3 Å². The number of para-hydroxylation sites is 1. The smallest absolute Gasteiger partial charge is 0.319 e. The third-order valence-corrected chi connectivity index (χ3v) is 3.90. The van der Waals surface area contributed by atoms with E-state index >= 15 is 0 Å². The number of carbonyl (C=O) groups is 1. The van der Waals surface area contributed by atoms with Crippen LogP contribution in [-0.4, -0.2) is 11.6 Å². The molecule has 2 amide bonds. The Morgan fingerprint density at radius 3 is 2.21 bits per heavy atom. The molecule has 0 atom stereocenters. The third kappa shape index (κ3) is 4.58. The summed E-state index contributed by atoms with van der Waals surface area (Å²) in [5, 5.41) is 6.06. The van der Waals surface area contributed by atoms with E-state index in [2.05, 4.69) is 17.6 Å². The van der Waals surface area contributed by atoms with Crippen molar-refractivity contribution in [2.24, 2.45) is 0 Å². The molecule has 2 rings (SSSR count). The minimum absolute atomic E-state index is 0.0563. The van der Waals surface area contributed by atoms with Gasteiger partial charge in [0.05, 0.1) is 0 Å². The van der Waals surface area contributed by atoms with Gasteiger partial charge in [-0.2, -0.15) is 0 Å². The fraction of sp³-hybridized carbons (Fsp3) is 0.562. The summed E-state index contributed by atoms with van der Waals surface area (Å²) in [4.78, 5) is 12.1. The Kier molecular flexibility index (Phi) is 4.83. The molecule has 0 spiro atoms. The van der Waals surface area contributed by atoms with Crippen LogP contribution in [0, 0.1) is 0 Å². The van der Waals surface area contributed by atoms with E-state index < -0.39 is 0 Å². The number of urea groups is 1. The Labute approximate surface area is 115 Å². The summed E-state index contributed by atoms with van der Waals surface area (Å²) in [6, 6.07) is 9.51. The highest BCUT2D eigenvalue weighted by Gasteiger charge is 2.26. The second-order valence-electron chi connectivity index (χ2n) is 5.77. The van der Waals surface area contributed by atoms with Crippen LogP contribution in [0.1, 0.15) is 51.9 Å². The zero-order valence-corrected chi connectivity index (χ0v) is 11.7. The number of hydrogen-bond acceptors (Lipinski definition) is 1. The van der Waals surface area contributed by atoms with Crippen LogP contribution < -0.4 is 10.6 Å². The zero-order valence-electron chi connectivity index (χ0n) is 11.7. The van der Waals surface area contributed by atoms with Gasteiger partial charge in [-0.05, 0) is 31.9 Å².